The highest BCUT2D eigenvalue weighted by molar-refractivity contribution is 6.04. The van der Waals surface area contributed by atoms with Crippen molar-refractivity contribution in [2.24, 2.45) is 0 Å². The zero-order chi connectivity index (χ0) is 23.0. The van der Waals surface area contributed by atoms with Gasteiger partial charge in [0.1, 0.15) is 0 Å². The molecule has 1 heterocycles. The van der Waals surface area contributed by atoms with E-state index in [1.165, 1.54) is 0 Å². The van der Waals surface area contributed by atoms with Crippen molar-refractivity contribution in [3.63, 3.8) is 0 Å². The molecule has 0 bridgehead atoms. The van der Waals surface area contributed by atoms with Crippen molar-refractivity contribution >= 4 is 23.2 Å². The molecule has 1 N–H and O–H groups in total. The Morgan fingerprint density at radius 3 is 2.21 bits per heavy atom. The van der Waals surface area contributed by atoms with E-state index in [0.717, 1.165) is 16.8 Å². The van der Waals surface area contributed by atoms with E-state index in [0.29, 0.717) is 30.8 Å². The number of amides is 2. The monoisotopic (exact) mass is 438 g/mol. The Morgan fingerprint density at radius 2 is 1.58 bits per heavy atom. The molecule has 1 aromatic heterocycles. The summed E-state index contributed by atoms with van der Waals surface area (Å²) < 4.78 is 1.83. The van der Waals surface area contributed by atoms with E-state index in [1.54, 1.807) is 11.1 Å². The number of benzene rings is 3. The summed E-state index contributed by atoms with van der Waals surface area (Å²) >= 11 is 0. The van der Waals surface area contributed by atoms with Crippen LogP contribution in [-0.4, -0.2) is 28.1 Å². The van der Waals surface area contributed by atoms with Crippen LogP contribution < -0.4 is 10.2 Å². The molecule has 166 valence electrons. The van der Waals surface area contributed by atoms with Crippen molar-refractivity contribution in [3.8, 4) is 0 Å². The SMILES string of the molecule is CCN(C(=O)Cc1ccc(NC(=O)c2ccc(Cn3cccn3)cc2)cc1)c1ccccc1. The van der Waals surface area contributed by atoms with Crippen LogP contribution in [0.25, 0.3) is 0 Å². The lowest BCUT2D eigenvalue weighted by Crippen LogP contribution is -2.31. The number of hydrogen-bond acceptors (Lipinski definition) is 3. The Morgan fingerprint density at radius 1 is 0.879 bits per heavy atom. The number of para-hydroxylation sites is 1. The average molecular weight is 439 g/mol. The van der Waals surface area contributed by atoms with Gasteiger partial charge in [0.05, 0.1) is 13.0 Å². The highest BCUT2D eigenvalue weighted by Crippen LogP contribution is 2.17. The Balaban J connectivity index is 1.34. The first-order chi connectivity index (χ1) is 16.1. The summed E-state index contributed by atoms with van der Waals surface area (Å²) in [5.41, 5.74) is 4.13. The summed E-state index contributed by atoms with van der Waals surface area (Å²) in [7, 11) is 0. The van der Waals surface area contributed by atoms with E-state index in [4.69, 9.17) is 0 Å². The molecule has 0 radical (unpaired) electrons. The zero-order valence-corrected chi connectivity index (χ0v) is 18.5. The number of aromatic nitrogens is 2. The molecule has 6 heteroatoms. The van der Waals surface area contributed by atoms with Gasteiger partial charge in [-0.05, 0) is 60.5 Å². The highest BCUT2D eigenvalue weighted by atomic mass is 16.2. The van der Waals surface area contributed by atoms with Gasteiger partial charge < -0.3 is 10.2 Å². The lowest BCUT2D eigenvalue weighted by Gasteiger charge is -2.21. The molecule has 3 aromatic carbocycles. The van der Waals surface area contributed by atoms with Crippen LogP contribution in [0.4, 0.5) is 11.4 Å². The third kappa shape index (κ3) is 5.74. The summed E-state index contributed by atoms with van der Waals surface area (Å²) in [6.45, 7) is 3.24. The van der Waals surface area contributed by atoms with Crippen molar-refractivity contribution in [1.29, 1.82) is 0 Å². The van der Waals surface area contributed by atoms with Gasteiger partial charge in [-0.3, -0.25) is 14.3 Å². The Bertz CT molecular complexity index is 1190. The van der Waals surface area contributed by atoms with E-state index < -0.39 is 0 Å². The number of anilines is 2. The molecule has 0 fully saturated rings. The first-order valence-corrected chi connectivity index (χ1v) is 10.9. The summed E-state index contributed by atoms with van der Waals surface area (Å²) in [6, 6.07) is 26.4. The van der Waals surface area contributed by atoms with Crippen LogP contribution in [0.5, 0.6) is 0 Å². The largest absolute Gasteiger partial charge is 0.322 e. The molecule has 4 aromatic rings. The fraction of sp³-hybridized carbons (Fsp3) is 0.148. The van der Waals surface area contributed by atoms with E-state index in [9.17, 15) is 9.59 Å². The number of rotatable bonds is 8. The van der Waals surface area contributed by atoms with Crippen molar-refractivity contribution in [2.45, 2.75) is 19.9 Å². The van der Waals surface area contributed by atoms with E-state index in [2.05, 4.69) is 10.4 Å². The summed E-state index contributed by atoms with van der Waals surface area (Å²) in [6.07, 6.45) is 3.94. The molecule has 0 aliphatic rings. The number of carbonyl (C=O) groups excluding carboxylic acids is 2. The predicted octanol–water partition coefficient (Wildman–Crippen LogP) is 4.78. The van der Waals surface area contributed by atoms with Gasteiger partial charge >= 0.3 is 0 Å². The molecular weight excluding hydrogens is 412 g/mol. The second kappa shape index (κ2) is 10.4. The maximum atomic E-state index is 12.8. The Hall–Kier alpha value is -4.19. The number of nitrogens with zero attached hydrogens (tertiary/aromatic N) is 3. The van der Waals surface area contributed by atoms with E-state index in [-0.39, 0.29) is 11.8 Å². The van der Waals surface area contributed by atoms with Crippen LogP contribution in [-0.2, 0) is 17.8 Å². The second-order valence-electron chi connectivity index (χ2n) is 7.70. The number of carbonyl (C=O) groups is 2. The molecule has 0 atom stereocenters. The molecule has 0 saturated heterocycles. The molecule has 4 rings (SSSR count). The topological polar surface area (TPSA) is 67.2 Å². The number of nitrogens with one attached hydrogen (secondary N) is 1. The number of likely N-dealkylation sites (N-methyl/N-ethyl adjacent to an activating group) is 1. The van der Waals surface area contributed by atoms with Crippen molar-refractivity contribution < 1.29 is 9.59 Å². The minimum atomic E-state index is -0.175. The fourth-order valence-electron chi connectivity index (χ4n) is 3.63. The first-order valence-electron chi connectivity index (χ1n) is 10.9. The predicted molar refractivity (Wildman–Crippen MR) is 130 cm³/mol. The minimum absolute atomic E-state index is 0.0377. The average Bonchev–Trinajstić information content (AvgIpc) is 3.35. The molecule has 2 amide bonds. The van der Waals surface area contributed by atoms with Crippen LogP contribution in [0.15, 0.2) is 97.3 Å². The van der Waals surface area contributed by atoms with Gasteiger partial charge in [0, 0.05) is 35.9 Å². The molecule has 33 heavy (non-hydrogen) atoms. The maximum Gasteiger partial charge on any atom is 0.255 e. The first kappa shape index (κ1) is 22.0. The van der Waals surface area contributed by atoms with Gasteiger partial charge in [-0.1, -0.05) is 42.5 Å². The van der Waals surface area contributed by atoms with Gasteiger partial charge in [-0.15, -0.1) is 0 Å². The van der Waals surface area contributed by atoms with Gasteiger partial charge in [-0.2, -0.15) is 5.10 Å². The molecular formula is C27H26N4O2. The molecule has 0 saturated carbocycles. The highest BCUT2D eigenvalue weighted by Gasteiger charge is 2.14. The van der Waals surface area contributed by atoms with Gasteiger partial charge in [0.25, 0.3) is 5.91 Å². The third-order valence-electron chi connectivity index (χ3n) is 5.37. The molecule has 0 spiro atoms. The molecule has 0 aliphatic heterocycles. The van der Waals surface area contributed by atoms with Crippen LogP contribution in [0.1, 0.15) is 28.4 Å². The van der Waals surface area contributed by atoms with Crippen molar-refractivity contribution in [2.75, 3.05) is 16.8 Å². The maximum absolute atomic E-state index is 12.8. The molecule has 6 nitrogen and oxygen atoms in total. The fourth-order valence-corrected chi connectivity index (χ4v) is 3.63. The molecule has 0 aliphatic carbocycles. The summed E-state index contributed by atoms with van der Waals surface area (Å²) in [5.74, 6) is -0.138. The van der Waals surface area contributed by atoms with E-state index in [1.807, 2.05) is 103 Å². The summed E-state index contributed by atoms with van der Waals surface area (Å²) in [4.78, 5) is 27.1. The lowest BCUT2D eigenvalue weighted by atomic mass is 10.1. The zero-order valence-electron chi connectivity index (χ0n) is 18.5. The Labute approximate surface area is 193 Å². The second-order valence-corrected chi connectivity index (χ2v) is 7.70. The minimum Gasteiger partial charge on any atom is -0.322 e. The summed E-state index contributed by atoms with van der Waals surface area (Å²) in [5, 5.41) is 7.10. The smallest absolute Gasteiger partial charge is 0.255 e. The molecule has 0 unspecified atom stereocenters. The quantitative estimate of drug-likeness (QED) is 0.431. The van der Waals surface area contributed by atoms with Crippen molar-refractivity contribution in [3.05, 3.63) is 114 Å². The van der Waals surface area contributed by atoms with Crippen molar-refractivity contribution in [1.82, 2.24) is 9.78 Å². The lowest BCUT2D eigenvalue weighted by molar-refractivity contribution is -0.117. The standard InChI is InChI=1S/C27H26N4O2/c1-2-31(25-7-4-3-5-8-25)26(32)19-21-11-15-24(16-12-21)29-27(33)23-13-9-22(10-14-23)20-30-18-6-17-28-30/h3-18H,2,19-20H2,1H3,(H,29,33). The third-order valence-corrected chi connectivity index (χ3v) is 5.37. The number of hydrogen-bond donors (Lipinski definition) is 1. The van der Waals surface area contributed by atoms with Gasteiger partial charge in [-0.25, -0.2) is 0 Å². The van der Waals surface area contributed by atoms with Crippen LogP contribution in [0.3, 0.4) is 0 Å². The van der Waals surface area contributed by atoms with Crippen LogP contribution in [0.2, 0.25) is 0 Å². The van der Waals surface area contributed by atoms with Crippen LogP contribution >= 0.6 is 0 Å². The van der Waals surface area contributed by atoms with Gasteiger partial charge in [0.15, 0.2) is 0 Å². The normalized spacial score (nSPS) is 10.6. The van der Waals surface area contributed by atoms with Gasteiger partial charge in [0.2, 0.25) is 5.91 Å². The Kier molecular flexibility index (Phi) is 6.95. The van der Waals surface area contributed by atoms with Crippen LogP contribution in [0, 0.1) is 0 Å². The van der Waals surface area contributed by atoms with E-state index >= 15 is 0 Å².